The molecule has 4 heteroatoms. The quantitative estimate of drug-likeness (QED) is 0.673. The Bertz CT molecular complexity index is 227. The molecule has 2 nitrogen and oxygen atoms in total. The Morgan fingerprint density at radius 1 is 1.07 bits per heavy atom. The molecule has 1 unspecified atom stereocenters. The molecule has 0 saturated heterocycles. The topological polar surface area (TPSA) is 26.3 Å². The normalized spacial score (nSPS) is 8.50. The van der Waals surface area contributed by atoms with Gasteiger partial charge in [0.25, 0.3) is 11.2 Å². The molecule has 0 aliphatic rings. The molecule has 14 heavy (non-hydrogen) atoms. The van der Waals surface area contributed by atoms with Crippen LogP contribution in [-0.2, 0) is 4.57 Å². The van der Waals surface area contributed by atoms with Crippen molar-refractivity contribution >= 4 is 18.6 Å². The van der Waals surface area contributed by atoms with E-state index in [0.29, 0.717) is 5.75 Å². The van der Waals surface area contributed by atoms with Crippen LogP contribution in [0.1, 0.15) is 27.7 Å². The Kier molecular flexibility index (Phi) is 14.1. The van der Waals surface area contributed by atoms with Gasteiger partial charge in [-0.15, -0.1) is 0 Å². The molecular formula is C10H17ClO2P+. The number of hydrogen-bond donors (Lipinski definition) is 0. The first-order chi connectivity index (χ1) is 6.79. The highest BCUT2D eigenvalue weighted by Gasteiger charge is 2.13. The SMILES string of the molecule is CC.CC.O=[P+](Cl)Oc1ccccc1. The van der Waals surface area contributed by atoms with Gasteiger partial charge in [-0.3, -0.25) is 0 Å². The summed E-state index contributed by atoms with van der Waals surface area (Å²) >= 11 is 5.10. The second-order valence-electron chi connectivity index (χ2n) is 1.62. The maximum absolute atomic E-state index is 10.3. The second kappa shape index (κ2) is 12.4. The predicted molar refractivity (Wildman–Crippen MR) is 63.2 cm³/mol. The molecule has 0 spiro atoms. The molecule has 0 aliphatic carbocycles. The van der Waals surface area contributed by atoms with Crippen LogP contribution in [0.3, 0.4) is 0 Å². The number of rotatable bonds is 2. The number of para-hydroxylation sites is 1. The Labute approximate surface area is 91.9 Å². The van der Waals surface area contributed by atoms with E-state index in [9.17, 15) is 4.57 Å². The van der Waals surface area contributed by atoms with Crippen LogP contribution in [0.4, 0.5) is 0 Å². The third kappa shape index (κ3) is 9.50. The van der Waals surface area contributed by atoms with Crippen LogP contribution in [0.2, 0.25) is 0 Å². The lowest BCUT2D eigenvalue weighted by molar-refractivity contribution is 0.519. The van der Waals surface area contributed by atoms with Crippen molar-refractivity contribution in [3.63, 3.8) is 0 Å². The highest BCUT2D eigenvalue weighted by molar-refractivity contribution is 7.70. The number of halogens is 1. The van der Waals surface area contributed by atoms with Crippen LogP contribution in [0.25, 0.3) is 0 Å². The molecule has 0 N–H and O–H groups in total. The van der Waals surface area contributed by atoms with Crippen LogP contribution in [0.5, 0.6) is 5.75 Å². The van der Waals surface area contributed by atoms with Crippen LogP contribution in [0.15, 0.2) is 30.3 Å². The van der Waals surface area contributed by atoms with Crippen molar-refractivity contribution in [1.29, 1.82) is 0 Å². The summed E-state index contributed by atoms with van der Waals surface area (Å²) in [6.07, 6.45) is 0. The molecule has 1 atom stereocenters. The molecule has 1 aromatic rings. The van der Waals surface area contributed by atoms with E-state index in [0.717, 1.165) is 0 Å². The van der Waals surface area contributed by atoms with Crippen LogP contribution in [-0.4, -0.2) is 0 Å². The monoisotopic (exact) mass is 235 g/mol. The summed E-state index contributed by atoms with van der Waals surface area (Å²) in [5, 5.41) is 0. The van der Waals surface area contributed by atoms with Gasteiger partial charge in [0.2, 0.25) is 0 Å². The summed E-state index contributed by atoms with van der Waals surface area (Å²) in [4.78, 5) is 0. The van der Waals surface area contributed by atoms with Gasteiger partial charge in [0.15, 0.2) is 5.75 Å². The third-order valence-electron chi connectivity index (χ3n) is 0.920. The first kappa shape index (κ1) is 15.9. The molecular weight excluding hydrogens is 219 g/mol. The maximum Gasteiger partial charge on any atom is 0.683 e. The van der Waals surface area contributed by atoms with E-state index < -0.39 is 7.38 Å². The second-order valence-corrected chi connectivity index (χ2v) is 3.05. The van der Waals surface area contributed by atoms with E-state index in [2.05, 4.69) is 4.52 Å². The van der Waals surface area contributed by atoms with Crippen molar-refractivity contribution < 1.29 is 9.09 Å². The largest absolute Gasteiger partial charge is 0.683 e. The molecule has 0 radical (unpaired) electrons. The zero-order valence-electron chi connectivity index (χ0n) is 9.03. The highest BCUT2D eigenvalue weighted by Crippen LogP contribution is 2.30. The van der Waals surface area contributed by atoms with E-state index in [1.165, 1.54) is 0 Å². The Hall–Kier alpha value is -0.590. The maximum atomic E-state index is 10.3. The van der Waals surface area contributed by atoms with E-state index in [1.54, 1.807) is 24.3 Å². The van der Waals surface area contributed by atoms with Gasteiger partial charge in [-0.1, -0.05) is 45.9 Å². The van der Waals surface area contributed by atoms with Crippen molar-refractivity contribution in [2.75, 3.05) is 0 Å². The van der Waals surface area contributed by atoms with E-state index in [-0.39, 0.29) is 0 Å². The van der Waals surface area contributed by atoms with Gasteiger partial charge in [0.05, 0.1) is 0 Å². The first-order valence-corrected chi connectivity index (χ1v) is 6.73. The number of hydrogen-bond acceptors (Lipinski definition) is 2. The summed E-state index contributed by atoms with van der Waals surface area (Å²) in [7, 11) is -2.05. The van der Waals surface area contributed by atoms with E-state index in [4.69, 9.17) is 11.2 Å². The average molecular weight is 236 g/mol. The van der Waals surface area contributed by atoms with Crippen molar-refractivity contribution in [2.24, 2.45) is 0 Å². The van der Waals surface area contributed by atoms with Gasteiger partial charge in [-0.2, -0.15) is 0 Å². The fraction of sp³-hybridized carbons (Fsp3) is 0.400. The lowest BCUT2D eigenvalue weighted by Gasteiger charge is -1.86. The van der Waals surface area contributed by atoms with Gasteiger partial charge in [0.1, 0.15) is 0 Å². The van der Waals surface area contributed by atoms with Crippen molar-refractivity contribution in [2.45, 2.75) is 27.7 Å². The summed E-state index contributed by atoms with van der Waals surface area (Å²) in [6, 6.07) is 8.79. The molecule has 80 valence electrons. The Morgan fingerprint density at radius 2 is 1.50 bits per heavy atom. The van der Waals surface area contributed by atoms with Gasteiger partial charge in [0, 0.05) is 4.57 Å². The zero-order valence-corrected chi connectivity index (χ0v) is 10.7. The zero-order chi connectivity index (χ0) is 11.4. The van der Waals surface area contributed by atoms with Crippen molar-refractivity contribution in [1.82, 2.24) is 0 Å². The average Bonchev–Trinajstić information content (AvgIpc) is 2.24. The molecule has 1 aromatic carbocycles. The minimum absolute atomic E-state index is 0.526. The molecule has 0 aromatic heterocycles. The summed E-state index contributed by atoms with van der Waals surface area (Å²) < 4.78 is 15.0. The van der Waals surface area contributed by atoms with Gasteiger partial charge in [-0.25, -0.2) is 4.52 Å². The highest BCUT2D eigenvalue weighted by atomic mass is 35.7. The molecule has 0 saturated carbocycles. The fourth-order valence-corrected chi connectivity index (χ4v) is 1.09. The Balaban J connectivity index is 0. The smallest absolute Gasteiger partial charge is 0.240 e. The van der Waals surface area contributed by atoms with Crippen LogP contribution in [0, 0.1) is 0 Å². The molecule has 0 fully saturated rings. The van der Waals surface area contributed by atoms with Gasteiger partial charge < -0.3 is 0 Å². The van der Waals surface area contributed by atoms with Gasteiger partial charge >= 0.3 is 7.38 Å². The fourth-order valence-electron chi connectivity index (χ4n) is 0.564. The molecule has 0 amide bonds. The predicted octanol–water partition coefficient (Wildman–Crippen LogP) is 5.01. The lowest BCUT2D eigenvalue weighted by Crippen LogP contribution is -1.73. The minimum Gasteiger partial charge on any atom is -0.240 e. The summed E-state index contributed by atoms with van der Waals surface area (Å²) in [5.74, 6) is 0.526. The Morgan fingerprint density at radius 3 is 1.86 bits per heavy atom. The van der Waals surface area contributed by atoms with Gasteiger partial charge in [-0.05, 0) is 12.1 Å². The lowest BCUT2D eigenvalue weighted by atomic mass is 10.3. The van der Waals surface area contributed by atoms with Crippen molar-refractivity contribution in [3.8, 4) is 5.75 Å². The number of benzene rings is 1. The van der Waals surface area contributed by atoms with E-state index >= 15 is 0 Å². The van der Waals surface area contributed by atoms with Crippen LogP contribution >= 0.6 is 18.6 Å². The summed E-state index contributed by atoms with van der Waals surface area (Å²) in [5.41, 5.74) is 0. The summed E-state index contributed by atoms with van der Waals surface area (Å²) in [6.45, 7) is 8.00. The van der Waals surface area contributed by atoms with Crippen LogP contribution < -0.4 is 4.52 Å². The first-order valence-electron chi connectivity index (χ1n) is 4.65. The van der Waals surface area contributed by atoms with E-state index in [1.807, 2.05) is 33.8 Å². The molecule has 1 rings (SSSR count). The molecule has 0 aliphatic heterocycles. The molecule has 0 bridgehead atoms. The third-order valence-corrected chi connectivity index (χ3v) is 1.48. The minimum atomic E-state index is -2.05. The standard InChI is InChI=1S/C6H5ClO2P.2C2H6/c7-10(8)9-6-4-2-1-3-5-6;2*1-2/h1-5H;2*1-2H3/q+1;;. The molecule has 0 heterocycles. The van der Waals surface area contributed by atoms with Crippen molar-refractivity contribution in [3.05, 3.63) is 30.3 Å².